The fourth-order valence-electron chi connectivity index (χ4n) is 1.50. The lowest BCUT2D eigenvalue weighted by atomic mass is 9.79. The van der Waals surface area contributed by atoms with Crippen LogP contribution in [0.5, 0.6) is 0 Å². The molecule has 0 bridgehead atoms. The molecule has 1 aromatic rings. The average Bonchev–Trinajstić information content (AvgIpc) is 2.61. The number of halogens is 1. The molecule has 1 aliphatic rings. The molecule has 16 heavy (non-hydrogen) atoms. The lowest BCUT2D eigenvalue weighted by molar-refractivity contribution is 0.275. The second-order valence-electron chi connectivity index (χ2n) is 3.31. The first-order chi connectivity index (χ1) is 7.61. The van der Waals surface area contributed by atoms with Crippen LogP contribution in [0.15, 0.2) is 12.1 Å². The zero-order chi connectivity index (χ0) is 11.7. The van der Waals surface area contributed by atoms with Gasteiger partial charge in [-0.3, -0.25) is 0 Å². The van der Waals surface area contributed by atoms with Crippen LogP contribution in [0.4, 0.5) is 5.69 Å². The van der Waals surface area contributed by atoms with Gasteiger partial charge in [0.25, 0.3) is 0 Å². The maximum Gasteiger partial charge on any atom is 0.491 e. The van der Waals surface area contributed by atoms with Gasteiger partial charge >= 0.3 is 7.12 Å². The Labute approximate surface area is 109 Å². The molecule has 0 spiro atoms. The molecular weight excluding hydrogens is 265 g/mol. The van der Waals surface area contributed by atoms with Crippen molar-refractivity contribution in [2.75, 3.05) is 11.6 Å². The highest BCUT2D eigenvalue weighted by atomic mass is 35.5. The van der Waals surface area contributed by atoms with Gasteiger partial charge in [-0.1, -0.05) is 23.8 Å². The normalized spacial score (nSPS) is 13.8. The summed E-state index contributed by atoms with van der Waals surface area (Å²) in [7, 11) is -0.865. The number of thiocarbonyl (C=S) groups is 1. The minimum absolute atomic E-state index is 0.392. The van der Waals surface area contributed by atoms with Crippen molar-refractivity contribution in [2.45, 2.75) is 6.61 Å². The van der Waals surface area contributed by atoms with Gasteiger partial charge in [0.1, 0.15) is 4.32 Å². The predicted molar refractivity (Wildman–Crippen MR) is 73.6 cm³/mol. The van der Waals surface area contributed by atoms with Gasteiger partial charge in [-0.2, -0.15) is 0 Å². The smallest absolute Gasteiger partial charge is 0.423 e. The molecule has 3 nitrogen and oxygen atoms in total. The van der Waals surface area contributed by atoms with Crippen molar-refractivity contribution in [3.63, 3.8) is 0 Å². The molecule has 2 rings (SSSR count). The number of hydrogen-bond acceptors (Lipinski definition) is 4. The van der Waals surface area contributed by atoms with Crippen LogP contribution in [0.3, 0.4) is 0 Å². The maximum absolute atomic E-state index is 9.56. The molecule has 0 radical (unpaired) electrons. The van der Waals surface area contributed by atoms with Crippen LogP contribution in [0, 0.1) is 0 Å². The van der Waals surface area contributed by atoms with Crippen molar-refractivity contribution in [3.8, 4) is 0 Å². The van der Waals surface area contributed by atoms with Gasteiger partial charge < -0.3 is 15.0 Å². The molecular formula is C9H9BClNO2S2. The van der Waals surface area contributed by atoms with Crippen molar-refractivity contribution in [1.82, 2.24) is 0 Å². The second kappa shape index (κ2) is 4.93. The van der Waals surface area contributed by atoms with Crippen LogP contribution in [-0.4, -0.2) is 22.7 Å². The third kappa shape index (κ3) is 2.36. The molecule has 0 fully saturated rings. The van der Waals surface area contributed by atoms with E-state index in [1.807, 2.05) is 6.26 Å². The zero-order valence-electron chi connectivity index (χ0n) is 8.49. The summed E-state index contributed by atoms with van der Waals surface area (Å²) in [6.07, 6.45) is 1.88. The van der Waals surface area contributed by atoms with Crippen molar-refractivity contribution >= 4 is 58.2 Å². The van der Waals surface area contributed by atoms with Gasteiger partial charge in [0.2, 0.25) is 0 Å². The van der Waals surface area contributed by atoms with Crippen LogP contribution >= 0.6 is 35.6 Å². The molecule has 0 amide bonds. The van der Waals surface area contributed by atoms with Crippen LogP contribution in [0.2, 0.25) is 5.02 Å². The summed E-state index contributed by atoms with van der Waals surface area (Å²) in [4.78, 5) is 0. The molecule has 0 atom stereocenters. The van der Waals surface area contributed by atoms with Gasteiger partial charge in [-0.05, 0) is 29.4 Å². The summed E-state index contributed by atoms with van der Waals surface area (Å²) >= 11 is 12.6. The van der Waals surface area contributed by atoms with Gasteiger partial charge in [0.15, 0.2) is 0 Å². The summed E-state index contributed by atoms with van der Waals surface area (Å²) in [5, 5.41) is 13.1. The average molecular weight is 274 g/mol. The largest absolute Gasteiger partial charge is 0.491 e. The van der Waals surface area contributed by atoms with Gasteiger partial charge in [0, 0.05) is 0 Å². The van der Waals surface area contributed by atoms with Gasteiger partial charge in [0.05, 0.1) is 17.3 Å². The Kier molecular flexibility index (Phi) is 3.76. The molecule has 0 unspecified atom stereocenters. The number of hydrogen-bond donors (Lipinski definition) is 2. The highest BCUT2D eigenvalue weighted by molar-refractivity contribution is 8.22. The van der Waals surface area contributed by atoms with E-state index in [-0.39, 0.29) is 0 Å². The predicted octanol–water partition coefficient (Wildman–Crippen LogP) is 1.62. The Morgan fingerprint density at radius 1 is 1.69 bits per heavy atom. The maximum atomic E-state index is 9.56. The Bertz CT molecular complexity index is 444. The van der Waals surface area contributed by atoms with E-state index in [9.17, 15) is 5.02 Å². The Morgan fingerprint density at radius 3 is 3.12 bits per heavy atom. The summed E-state index contributed by atoms with van der Waals surface area (Å²) in [6.45, 7) is 0.392. The standard InChI is InChI=1S/C9H9BClNO2S2/c1-16-9(15)12-8-3-6-5(2-7(8)11)4-14-10(6)13/h2-3,13H,4H2,1H3,(H,12,15). The van der Waals surface area contributed by atoms with Crippen LogP contribution in [0.25, 0.3) is 0 Å². The first-order valence-electron chi connectivity index (χ1n) is 4.58. The molecule has 1 aromatic carbocycles. The molecule has 1 heterocycles. The SMILES string of the molecule is CSC(=S)Nc1cc2c(cc1Cl)COB2O. The number of anilines is 1. The molecule has 84 valence electrons. The van der Waals surface area contributed by atoms with E-state index >= 15 is 0 Å². The number of nitrogens with one attached hydrogen (secondary N) is 1. The van der Waals surface area contributed by atoms with E-state index < -0.39 is 7.12 Å². The Balaban J connectivity index is 2.33. The van der Waals surface area contributed by atoms with Crippen LogP contribution in [0.1, 0.15) is 5.56 Å². The minimum Gasteiger partial charge on any atom is -0.423 e. The third-order valence-electron chi connectivity index (χ3n) is 2.31. The fraction of sp³-hybridized carbons (Fsp3) is 0.222. The van der Waals surface area contributed by atoms with E-state index in [0.717, 1.165) is 11.0 Å². The molecule has 7 heteroatoms. The molecule has 0 aliphatic carbocycles. The lowest BCUT2D eigenvalue weighted by Gasteiger charge is -2.09. The molecule has 0 saturated carbocycles. The number of rotatable bonds is 1. The Hall–Kier alpha value is -0.265. The summed E-state index contributed by atoms with van der Waals surface area (Å²) < 4.78 is 5.73. The number of fused-ring (bicyclic) bond motifs is 1. The topological polar surface area (TPSA) is 41.5 Å². The molecule has 0 aromatic heterocycles. The first-order valence-corrected chi connectivity index (χ1v) is 6.60. The zero-order valence-corrected chi connectivity index (χ0v) is 10.9. The molecule has 2 N–H and O–H groups in total. The van der Waals surface area contributed by atoms with Crippen molar-refractivity contribution < 1.29 is 9.68 Å². The van der Waals surface area contributed by atoms with E-state index in [4.69, 9.17) is 28.5 Å². The summed E-state index contributed by atoms with van der Waals surface area (Å²) in [5.41, 5.74) is 2.36. The van der Waals surface area contributed by atoms with Crippen molar-refractivity contribution in [1.29, 1.82) is 0 Å². The monoisotopic (exact) mass is 273 g/mol. The highest BCUT2D eigenvalue weighted by Gasteiger charge is 2.28. The lowest BCUT2D eigenvalue weighted by Crippen LogP contribution is -2.28. The second-order valence-corrected chi connectivity index (χ2v) is 5.20. The van der Waals surface area contributed by atoms with Crippen LogP contribution < -0.4 is 10.8 Å². The van der Waals surface area contributed by atoms with Crippen molar-refractivity contribution in [2.24, 2.45) is 0 Å². The van der Waals surface area contributed by atoms with E-state index in [2.05, 4.69) is 5.32 Å². The third-order valence-corrected chi connectivity index (χ3v) is 3.70. The number of thioether (sulfide) groups is 1. The summed E-state index contributed by atoms with van der Waals surface area (Å²) in [6, 6.07) is 3.57. The van der Waals surface area contributed by atoms with Crippen LogP contribution in [-0.2, 0) is 11.3 Å². The van der Waals surface area contributed by atoms with Gasteiger partial charge in [-0.25, -0.2) is 0 Å². The van der Waals surface area contributed by atoms with Crippen molar-refractivity contribution in [3.05, 3.63) is 22.7 Å². The first kappa shape index (κ1) is 12.2. The fourth-order valence-corrected chi connectivity index (χ4v) is 2.06. The Morgan fingerprint density at radius 2 is 2.44 bits per heavy atom. The minimum atomic E-state index is -0.865. The highest BCUT2D eigenvalue weighted by Crippen LogP contribution is 2.25. The summed E-state index contributed by atoms with van der Waals surface area (Å²) in [5.74, 6) is 0. The van der Waals surface area contributed by atoms with E-state index in [1.165, 1.54) is 11.8 Å². The van der Waals surface area contributed by atoms with E-state index in [0.29, 0.717) is 21.6 Å². The number of benzene rings is 1. The molecule has 1 aliphatic heterocycles. The van der Waals surface area contributed by atoms with Gasteiger partial charge in [-0.15, -0.1) is 11.8 Å². The quantitative estimate of drug-likeness (QED) is 0.601. The van der Waals surface area contributed by atoms with E-state index in [1.54, 1.807) is 12.1 Å². The molecule has 0 saturated heterocycles.